The van der Waals surface area contributed by atoms with Crippen molar-refractivity contribution in [2.45, 2.75) is 50.5 Å². The molecule has 2 aromatic rings. The molecule has 2 aliphatic rings. The van der Waals surface area contributed by atoms with Crippen molar-refractivity contribution in [3.63, 3.8) is 0 Å². The fraction of sp³-hybridized carbons (Fsp3) is 0.588. The van der Waals surface area contributed by atoms with Gasteiger partial charge in [0.05, 0.1) is 23.5 Å². The van der Waals surface area contributed by atoms with Crippen molar-refractivity contribution < 1.29 is 18.0 Å². The largest absolute Gasteiger partial charge is 0.410 e. The Labute approximate surface area is 154 Å². The van der Waals surface area contributed by atoms with Crippen LogP contribution in [0.1, 0.15) is 54.3 Å². The van der Waals surface area contributed by atoms with Crippen LogP contribution in [-0.2, 0) is 7.05 Å². The van der Waals surface area contributed by atoms with Crippen LogP contribution in [0.3, 0.4) is 0 Å². The first-order valence-electron chi connectivity index (χ1n) is 8.96. The van der Waals surface area contributed by atoms with Gasteiger partial charge < -0.3 is 10.2 Å². The van der Waals surface area contributed by atoms with Crippen LogP contribution in [0, 0.1) is 0 Å². The van der Waals surface area contributed by atoms with E-state index in [2.05, 4.69) is 15.5 Å². The lowest BCUT2D eigenvalue weighted by atomic mass is 10.1. The van der Waals surface area contributed by atoms with E-state index in [1.807, 2.05) is 0 Å². The highest BCUT2D eigenvalue weighted by Gasteiger charge is 2.46. The van der Waals surface area contributed by atoms with Gasteiger partial charge in [0.15, 0.2) is 6.04 Å². The molecule has 0 aliphatic carbocycles. The molecular weight excluding hydrogens is 361 g/mol. The number of rotatable bonds is 2. The van der Waals surface area contributed by atoms with E-state index in [9.17, 15) is 18.0 Å². The van der Waals surface area contributed by atoms with Crippen LogP contribution in [0.5, 0.6) is 0 Å². The molecule has 10 heteroatoms. The van der Waals surface area contributed by atoms with Gasteiger partial charge >= 0.3 is 6.18 Å². The fourth-order valence-electron chi connectivity index (χ4n) is 3.95. The molecule has 0 unspecified atom stereocenters. The van der Waals surface area contributed by atoms with Crippen molar-refractivity contribution >= 4 is 11.7 Å². The monoisotopic (exact) mass is 382 g/mol. The normalized spacial score (nSPS) is 25.4. The maximum atomic E-state index is 13.4. The summed E-state index contributed by atoms with van der Waals surface area (Å²) in [4.78, 5) is 14.5. The topological polar surface area (TPSA) is 68.0 Å². The number of carbonyl (C=O) groups is 1. The second-order valence-electron chi connectivity index (χ2n) is 7.30. The lowest BCUT2D eigenvalue weighted by molar-refractivity contribution is -0.173. The summed E-state index contributed by atoms with van der Waals surface area (Å²) in [6, 6.07) is -0.637. The quantitative estimate of drug-likeness (QED) is 0.867. The molecule has 27 heavy (non-hydrogen) atoms. The number of fused-ring (bicyclic) bond motifs is 1. The van der Waals surface area contributed by atoms with E-state index in [1.165, 1.54) is 6.20 Å². The number of anilines is 1. The SMILES string of the molecule is C[C@@H]1C[C@H](C(F)(F)F)n2nc([C@@H]3CCCN3C(=O)c3cnn(C)c3)cc2N1. The maximum Gasteiger partial charge on any atom is 0.410 e. The molecule has 1 saturated heterocycles. The predicted octanol–water partition coefficient (Wildman–Crippen LogP) is 2.90. The minimum absolute atomic E-state index is 0.0688. The Morgan fingerprint density at radius 1 is 1.37 bits per heavy atom. The van der Waals surface area contributed by atoms with Crippen molar-refractivity contribution in [2.75, 3.05) is 11.9 Å². The van der Waals surface area contributed by atoms with Crippen LogP contribution in [0.15, 0.2) is 18.5 Å². The predicted molar refractivity (Wildman–Crippen MR) is 91.2 cm³/mol. The lowest BCUT2D eigenvalue weighted by Crippen LogP contribution is -2.38. The number of nitrogens with one attached hydrogen (secondary N) is 1. The Hall–Kier alpha value is -2.52. The first-order valence-corrected chi connectivity index (χ1v) is 8.96. The molecule has 0 radical (unpaired) electrons. The number of alkyl halides is 3. The summed E-state index contributed by atoms with van der Waals surface area (Å²) in [5.74, 6) is 0.178. The van der Waals surface area contributed by atoms with Crippen molar-refractivity contribution in [3.8, 4) is 0 Å². The van der Waals surface area contributed by atoms with Crippen LogP contribution < -0.4 is 5.32 Å². The zero-order chi connectivity index (χ0) is 19.3. The second kappa shape index (κ2) is 6.28. The minimum atomic E-state index is -4.37. The molecular formula is C17H21F3N6O. The lowest BCUT2D eigenvalue weighted by Gasteiger charge is -2.31. The van der Waals surface area contributed by atoms with Gasteiger partial charge in [-0.05, 0) is 26.2 Å². The van der Waals surface area contributed by atoms with E-state index in [0.29, 0.717) is 30.0 Å². The zero-order valence-corrected chi connectivity index (χ0v) is 15.1. The Morgan fingerprint density at radius 3 is 2.81 bits per heavy atom. The molecule has 7 nitrogen and oxygen atoms in total. The molecule has 3 atom stereocenters. The Kier molecular flexibility index (Phi) is 4.15. The summed E-state index contributed by atoms with van der Waals surface area (Å²) in [5.41, 5.74) is 0.962. The summed E-state index contributed by atoms with van der Waals surface area (Å²) >= 11 is 0. The van der Waals surface area contributed by atoms with Gasteiger partial charge in [-0.3, -0.25) is 9.48 Å². The third kappa shape index (κ3) is 3.17. The third-order valence-corrected chi connectivity index (χ3v) is 5.21. The molecule has 0 spiro atoms. The third-order valence-electron chi connectivity index (χ3n) is 5.21. The fourth-order valence-corrected chi connectivity index (χ4v) is 3.95. The van der Waals surface area contributed by atoms with Gasteiger partial charge in [-0.1, -0.05) is 0 Å². The Bertz CT molecular complexity index is 857. The van der Waals surface area contributed by atoms with Crippen LogP contribution >= 0.6 is 0 Å². The standard InChI is InChI=1S/C17H21F3N6O/c1-10-6-14(17(18,19)20)26-15(22-10)7-12(23-26)13-4-3-5-25(13)16(27)11-8-21-24(2)9-11/h7-10,13-14,22H,3-6H2,1-2H3/t10-,13+,14-/m1/s1. The first-order chi connectivity index (χ1) is 12.7. The van der Waals surface area contributed by atoms with E-state index >= 15 is 0 Å². The van der Waals surface area contributed by atoms with Crippen LogP contribution in [0.25, 0.3) is 0 Å². The van der Waals surface area contributed by atoms with Crippen LogP contribution in [0.2, 0.25) is 0 Å². The van der Waals surface area contributed by atoms with Crippen molar-refractivity contribution in [3.05, 3.63) is 29.7 Å². The van der Waals surface area contributed by atoms with Gasteiger partial charge in [-0.2, -0.15) is 23.4 Å². The van der Waals surface area contributed by atoms with Crippen LogP contribution in [-0.4, -0.2) is 49.1 Å². The zero-order valence-electron chi connectivity index (χ0n) is 15.1. The summed E-state index contributed by atoms with van der Waals surface area (Å²) < 4.78 is 42.9. The molecule has 0 aromatic carbocycles. The number of nitrogens with zero attached hydrogens (tertiary/aromatic N) is 5. The number of halogens is 3. The van der Waals surface area contributed by atoms with Crippen LogP contribution in [0.4, 0.5) is 19.0 Å². The molecule has 4 heterocycles. The number of hydrogen-bond donors (Lipinski definition) is 1. The van der Waals surface area contributed by atoms with E-state index in [-0.39, 0.29) is 24.4 Å². The van der Waals surface area contributed by atoms with E-state index in [1.54, 1.807) is 35.8 Å². The van der Waals surface area contributed by atoms with E-state index in [0.717, 1.165) is 11.1 Å². The van der Waals surface area contributed by atoms with Crippen molar-refractivity contribution in [1.82, 2.24) is 24.5 Å². The Morgan fingerprint density at radius 2 is 2.15 bits per heavy atom. The molecule has 0 bridgehead atoms. The maximum absolute atomic E-state index is 13.4. The average molecular weight is 382 g/mol. The molecule has 0 saturated carbocycles. The number of aromatic nitrogens is 4. The second-order valence-corrected chi connectivity index (χ2v) is 7.30. The molecule has 2 aliphatic heterocycles. The van der Waals surface area contributed by atoms with Gasteiger partial charge in [-0.25, -0.2) is 4.68 Å². The van der Waals surface area contributed by atoms with E-state index < -0.39 is 12.2 Å². The smallest absolute Gasteiger partial charge is 0.368 e. The first kappa shape index (κ1) is 17.9. The van der Waals surface area contributed by atoms with E-state index in [4.69, 9.17) is 0 Å². The molecule has 1 N–H and O–H groups in total. The number of amides is 1. The number of carbonyl (C=O) groups excluding carboxylic acids is 1. The molecule has 1 fully saturated rings. The Balaban J connectivity index is 1.64. The van der Waals surface area contributed by atoms with Gasteiger partial charge in [-0.15, -0.1) is 0 Å². The summed E-state index contributed by atoms with van der Waals surface area (Å²) in [5, 5.41) is 11.4. The molecule has 4 rings (SSSR count). The number of hydrogen-bond acceptors (Lipinski definition) is 4. The highest BCUT2D eigenvalue weighted by Crippen LogP contribution is 2.41. The minimum Gasteiger partial charge on any atom is -0.368 e. The number of aryl methyl sites for hydroxylation is 1. The highest BCUT2D eigenvalue weighted by molar-refractivity contribution is 5.94. The number of likely N-dealkylation sites (tertiary alicyclic amines) is 1. The molecule has 1 amide bonds. The average Bonchev–Trinajstić information content (AvgIpc) is 3.30. The molecule has 2 aromatic heterocycles. The summed E-state index contributed by atoms with van der Waals surface area (Å²) in [6.07, 6.45) is 0.160. The summed E-state index contributed by atoms with van der Waals surface area (Å²) in [6.45, 7) is 2.27. The van der Waals surface area contributed by atoms with Gasteiger partial charge in [0.25, 0.3) is 5.91 Å². The van der Waals surface area contributed by atoms with Crippen molar-refractivity contribution in [2.24, 2.45) is 7.05 Å². The van der Waals surface area contributed by atoms with Gasteiger partial charge in [0.2, 0.25) is 0 Å². The highest BCUT2D eigenvalue weighted by atomic mass is 19.4. The van der Waals surface area contributed by atoms with Gasteiger partial charge in [0, 0.05) is 31.9 Å². The van der Waals surface area contributed by atoms with Gasteiger partial charge in [0.1, 0.15) is 5.82 Å². The molecule has 146 valence electrons. The van der Waals surface area contributed by atoms with Crippen molar-refractivity contribution in [1.29, 1.82) is 0 Å². The summed E-state index contributed by atoms with van der Waals surface area (Å²) in [7, 11) is 1.73.